The maximum absolute atomic E-state index is 12.6. The van der Waals surface area contributed by atoms with Gasteiger partial charge < -0.3 is 20.1 Å². The zero-order valence-corrected chi connectivity index (χ0v) is 17.8. The highest BCUT2D eigenvalue weighted by molar-refractivity contribution is 6.00. The molecule has 4 aliphatic rings. The summed E-state index contributed by atoms with van der Waals surface area (Å²) < 4.78 is 5.91. The van der Waals surface area contributed by atoms with Crippen molar-refractivity contribution in [3.05, 3.63) is 23.8 Å². The van der Waals surface area contributed by atoms with E-state index in [9.17, 15) is 24.9 Å². The zero-order chi connectivity index (χ0) is 21.5. The second-order valence-electron chi connectivity index (χ2n) is 10.4. The Morgan fingerprint density at radius 1 is 1.28 bits per heavy atom. The Labute approximate surface area is 171 Å². The minimum absolute atomic E-state index is 0.000205. The van der Waals surface area contributed by atoms with E-state index in [1.54, 1.807) is 19.9 Å². The smallest absolute Gasteiger partial charge is 0.308 e. The van der Waals surface area contributed by atoms with E-state index in [1.165, 1.54) is 6.08 Å². The fourth-order valence-corrected chi connectivity index (χ4v) is 6.51. The fraction of sp³-hybridized carbons (Fsp3) is 0.739. The van der Waals surface area contributed by atoms with Crippen LogP contribution < -0.4 is 0 Å². The van der Waals surface area contributed by atoms with Gasteiger partial charge in [-0.05, 0) is 23.0 Å². The molecule has 8 atom stereocenters. The van der Waals surface area contributed by atoms with Crippen LogP contribution in [0.3, 0.4) is 0 Å². The Balaban J connectivity index is 1.84. The maximum atomic E-state index is 12.6. The summed E-state index contributed by atoms with van der Waals surface area (Å²) in [5.74, 6) is -2.58. The van der Waals surface area contributed by atoms with Gasteiger partial charge in [0.25, 0.3) is 0 Å². The van der Waals surface area contributed by atoms with E-state index in [0.717, 1.165) is 0 Å². The third kappa shape index (κ3) is 2.58. The molecule has 0 aliphatic heterocycles. The average Bonchev–Trinajstić information content (AvgIpc) is 3.11. The van der Waals surface area contributed by atoms with E-state index in [2.05, 4.69) is 13.8 Å². The van der Waals surface area contributed by atoms with Crippen LogP contribution in [0.5, 0.6) is 0 Å². The summed E-state index contributed by atoms with van der Waals surface area (Å²) in [5.41, 5.74) is -2.85. The van der Waals surface area contributed by atoms with Crippen LogP contribution in [-0.2, 0) is 14.3 Å². The van der Waals surface area contributed by atoms with E-state index in [1.807, 2.05) is 13.0 Å². The van der Waals surface area contributed by atoms with Gasteiger partial charge in [-0.25, -0.2) is 0 Å². The SMILES string of the molecule is CC(C)C(=O)OC1[C@@H]2[C@@H]([C@@H]3C=C(CO)C[C@]4(O)C(=O)C=C[C@H]4[C@@]3(O)[C@@H]1C)C2(C)C. The van der Waals surface area contributed by atoms with E-state index >= 15 is 0 Å². The van der Waals surface area contributed by atoms with E-state index in [0.29, 0.717) is 5.57 Å². The molecular formula is C23H32O6. The van der Waals surface area contributed by atoms with Gasteiger partial charge in [-0.3, -0.25) is 9.59 Å². The minimum atomic E-state index is -1.79. The van der Waals surface area contributed by atoms with Gasteiger partial charge >= 0.3 is 5.97 Å². The van der Waals surface area contributed by atoms with Crippen molar-refractivity contribution >= 4 is 11.8 Å². The lowest BCUT2D eigenvalue weighted by Gasteiger charge is -2.51. The molecule has 2 saturated carbocycles. The fourth-order valence-electron chi connectivity index (χ4n) is 6.51. The highest BCUT2D eigenvalue weighted by atomic mass is 16.5. The lowest BCUT2D eigenvalue weighted by Crippen LogP contribution is -2.63. The van der Waals surface area contributed by atoms with Gasteiger partial charge in [0, 0.05) is 30.1 Å². The Morgan fingerprint density at radius 2 is 1.93 bits per heavy atom. The van der Waals surface area contributed by atoms with Gasteiger partial charge in [0.15, 0.2) is 5.78 Å². The largest absolute Gasteiger partial charge is 0.461 e. The molecule has 6 heteroatoms. The summed E-state index contributed by atoms with van der Waals surface area (Å²) in [6.45, 7) is 9.35. The molecular weight excluding hydrogens is 372 g/mol. The minimum Gasteiger partial charge on any atom is -0.461 e. The number of hydrogen-bond donors (Lipinski definition) is 3. The lowest BCUT2D eigenvalue weighted by molar-refractivity contribution is -0.199. The molecule has 0 bridgehead atoms. The van der Waals surface area contributed by atoms with Crippen molar-refractivity contribution in [2.45, 2.75) is 58.3 Å². The van der Waals surface area contributed by atoms with E-state index < -0.39 is 34.9 Å². The molecule has 6 nitrogen and oxygen atoms in total. The molecule has 0 radical (unpaired) electrons. The first-order valence-electron chi connectivity index (χ1n) is 10.6. The van der Waals surface area contributed by atoms with Crippen molar-refractivity contribution in [2.75, 3.05) is 6.61 Å². The molecule has 0 aromatic rings. The Kier molecular flexibility index (Phi) is 4.48. The quantitative estimate of drug-likeness (QED) is 0.488. The van der Waals surface area contributed by atoms with Crippen molar-refractivity contribution in [3.63, 3.8) is 0 Å². The van der Waals surface area contributed by atoms with Crippen molar-refractivity contribution in [1.82, 2.24) is 0 Å². The van der Waals surface area contributed by atoms with Crippen molar-refractivity contribution in [3.8, 4) is 0 Å². The molecule has 160 valence electrons. The Morgan fingerprint density at radius 3 is 2.52 bits per heavy atom. The molecule has 0 aromatic carbocycles. The van der Waals surface area contributed by atoms with Crippen molar-refractivity contribution < 1.29 is 29.6 Å². The summed E-state index contributed by atoms with van der Waals surface area (Å²) in [5, 5.41) is 33.4. The van der Waals surface area contributed by atoms with Gasteiger partial charge in [-0.2, -0.15) is 0 Å². The monoisotopic (exact) mass is 404 g/mol. The molecule has 4 rings (SSSR count). The molecule has 0 amide bonds. The highest BCUT2D eigenvalue weighted by Gasteiger charge is 2.77. The summed E-state index contributed by atoms with van der Waals surface area (Å²) in [4.78, 5) is 25.0. The number of rotatable bonds is 3. The van der Waals surface area contributed by atoms with Crippen LogP contribution in [0.25, 0.3) is 0 Å². The molecule has 0 spiro atoms. The van der Waals surface area contributed by atoms with Crippen molar-refractivity contribution in [1.29, 1.82) is 0 Å². The van der Waals surface area contributed by atoms with Gasteiger partial charge in [0.1, 0.15) is 11.7 Å². The first-order valence-corrected chi connectivity index (χ1v) is 10.6. The molecule has 0 saturated heterocycles. The molecule has 29 heavy (non-hydrogen) atoms. The van der Waals surface area contributed by atoms with Crippen molar-refractivity contribution in [2.24, 2.45) is 40.9 Å². The van der Waals surface area contributed by atoms with Gasteiger partial charge in [0.2, 0.25) is 0 Å². The van der Waals surface area contributed by atoms with Crippen LogP contribution in [0.1, 0.15) is 41.0 Å². The molecule has 3 N–H and O–H groups in total. The first-order chi connectivity index (χ1) is 13.4. The molecule has 1 unspecified atom stereocenters. The first kappa shape index (κ1) is 20.8. The topological polar surface area (TPSA) is 104 Å². The number of ether oxygens (including phenoxy) is 1. The predicted octanol–water partition coefficient (Wildman–Crippen LogP) is 1.63. The van der Waals surface area contributed by atoms with E-state index in [-0.39, 0.29) is 48.1 Å². The van der Waals surface area contributed by atoms with Gasteiger partial charge in [-0.1, -0.05) is 46.8 Å². The third-order valence-corrected chi connectivity index (χ3v) is 8.21. The number of fused-ring (bicyclic) bond motifs is 5. The number of aliphatic hydroxyl groups is 3. The zero-order valence-electron chi connectivity index (χ0n) is 17.8. The standard InChI is InChI=1S/C23H32O6/c1-11(2)20(26)29-19-12(3)23(28)14(17-18(19)21(17,4)5)8-13(10-24)9-22(27)15(23)6-7-16(22)25/h6-8,11-12,14-15,17-19,24,27-28H,9-10H2,1-5H3/t12-,14+,15-,17-,18+,19?,22-,23-/m1/s1. The van der Waals surface area contributed by atoms with Crippen LogP contribution in [0.15, 0.2) is 23.8 Å². The summed E-state index contributed by atoms with van der Waals surface area (Å²) in [6, 6.07) is 0. The summed E-state index contributed by atoms with van der Waals surface area (Å²) >= 11 is 0. The predicted molar refractivity (Wildman–Crippen MR) is 105 cm³/mol. The van der Waals surface area contributed by atoms with Crippen LogP contribution in [0.2, 0.25) is 0 Å². The Bertz CT molecular complexity index is 810. The number of esters is 1. The second-order valence-corrected chi connectivity index (χ2v) is 10.4. The summed E-state index contributed by atoms with van der Waals surface area (Å²) in [6.07, 6.45) is 4.33. The lowest BCUT2D eigenvalue weighted by atomic mass is 9.59. The molecule has 4 aliphatic carbocycles. The highest BCUT2D eigenvalue weighted by Crippen LogP contribution is 2.73. The van der Waals surface area contributed by atoms with Gasteiger partial charge in [-0.15, -0.1) is 0 Å². The third-order valence-electron chi connectivity index (χ3n) is 8.21. The van der Waals surface area contributed by atoms with Crippen LogP contribution in [0.4, 0.5) is 0 Å². The second kappa shape index (κ2) is 6.25. The van der Waals surface area contributed by atoms with Gasteiger partial charge in [0.05, 0.1) is 18.1 Å². The molecule has 0 aromatic heterocycles. The number of hydrogen-bond acceptors (Lipinski definition) is 6. The molecule has 0 heterocycles. The Hall–Kier alpha value is -1.50. The van der Waals surface area contributed by atoms with Crippen LogP contribution in [-0.4, -0.2) is 51.0 Å². The van der Waals surface area contributed by atoms with Crippen LogP contribution >= 0.6 is 0 Å². The normalized spacial score (nSPS) is 47.1. The average molecular weight is 405 g/mol. The number of carbonyl (C=O) groups excluding carboxylic acids is 2. The maximum Gasteiger partial charge on any atom is 0.308 e. The van der Waals surface area contributed by atoms with Crippen LogP contribution in [0, 0.1) is 40.9 Å². The number of carbonyl (C=O) groups is 2. The van der Waals surface area contributed by atoms with E-state index in [4.69, 9.17) is 4.74 Å². The molecule has 2 fully saturated rings. The number of aliphatic hydroxyl groups excluding tert-OH is 1. The number of ketones is 1. The summed E-state index contributed by atoms with van der Waals surface area (Å²) in [7, 11) is 0.